The van der Waals surface area contributed by atoms with Crippen molar-refractivity contribution in [3.05, 3.63) is 90.5 Å². The predicted octanol–water partition coefficient (Wildman–Crippen LogP) is 6.45. The van der Waals surface area contributed by atoms with Crippen molar-refractivity contribution in [2.45, 2.75) is 62.6 Å². The van der Waals surface area contributed by atoms with E-state index in [1.165, 1.54) is 0 Å². The summed E-state index contributed by atoms with van der Waals surface area (Å²) in [6, 6.07) is 19.4. The number of ether oxygens (including phenoxy) is 2. The molecule has 4 heterocycles. The number of hydrogen-bond acceptors (Lipinski definition) is 6. The third-order valence-electron chi connectivity index (χ3n) is 10.4. The van der Waals surface area contributed by atoms with Gasteiger partial charge in [0.25, 0.3) is 11.8 Å². The third-order valence-corrected chi connectivity index (χ3v) is 12.9. The standard InChI is InChI=1S/C37H40FN3O6Si/c1-5-18-40-28-17-16-24(41-29-13-7-9-15-31(29)46-30-14-8-6-12-26(30)35(41)44)20-27(28)37(36(40)45)23(2)34(48(3,4)38)32(47-37)21-33(43)39-19-10-11-25(39)22-42/h5-9,12-17,20,23,25,32,34,42H,1,10-11,18-19,21-22H2,2-4H3/t23-,25-,32+,34-,37+/m0/s1. The van der Waals surface area contributed by atoms with Crippen LogP contribution in [0.1, 0.15) is 42.1 Å². The summed E-state index contributed by atoms with van der Waals surface area (Å²) in [7, 11) is -3.53. The minimum absolute atomic E-state index is 0.0938. The van der Waals surface area contributed by atoms with E-state index >= 15 is 4.11 Å². The van der Waals surface area contributed by atoms with E-state index in [1.807, 2.05) is 25.1 Å². The van der Waals surface area contributed by atoms with Crippen molar-refractivity contribution < 1.29 is 33.1 Å². The topological polar surface area (TPSA) is 99.6 Å². The minimum atomic E-state index is -3.53. The van der Waals surface area contributed by atoms with Crippen LogP contribution < -0.4 is 14.5 Å². The van der Waals surface area contributed by atoms with Crippen LogP contribution >= 0.6 is 0 Å². The Kier molecular flexibility index (Phi) is 8.04. The van der Waals surface area contributed by atoms with E-state index < -0.39 is 31.6 Å². The summed E-state index contributed by atoms with van der Waals surface area (Å²) >= 11 is 0. The lowest BCUT2D eigenvalue weighted by molar-refractivity contribution is -0.149. The van der Waals surface area contributed by atoms with Gasteiger partial charge < -0.3 is 28.5 Å². The summed E-state index contributed by atoms with van der Waals surface area (Å²) in [6.45, 7) is 9.50. The van der Waals surface area contributed by atoms with Crippen LogP contribution in [-0.4, -0.2) is 68.0 Å². The van der Waals surface area contributed by atoms with E-state index in [-0.39, 0.29) is 43.3 Å². The average molecular weight is 670 g/mol. The van der Waals surface area contributed by atoms with E-state index in [2.05, 4.69) is 6.58 Å². The summed E-state index contributed by atoms with van der Waals surface area (Å²) in [5, 5.41) is 9.87. The minimum Gasteiger partial charge on any atom is -0.454 e. The van der Waals surface area contributed by atoms with Crippen LogP contribution in [0.15, 0.2) is 79.4 Å². The van der Waals surface area contributed by atoms with Crippen molar-refractivity contribution in [3.8, 4) is 11.5 Å². The number of aliphatic hydroxyl groups excluding tert-OH is 1. The lowest BCUT2D eigenvalue weighted by Crippen LogP contribution is -2.45. The second kappa shape index (κ2) is 12.0. The lowest BCUT2D eigenvalue weighted by Gasteiger charge is -2.31. The molecule has 0 radical (unpaired) electrons. The molecule has 2 fully saturated rings. The molecule has 4 aliphatic heterocycles. The number of benzene rings is 3. The summed E-state index contributed by atoms with van der Waals surface area (Å²) in [6.07, 6.45) is 2.17. The maximum absolute atomic E-state index is 16.4. The molecule has 1 spiro atoms. The number of para-hydroxylation sites is 3. The number of halogens is 1. The van der Waals surface area contributed by atoms with Gasteiger partial charge in [-0.05, 0) is 68.4 Å². The molecule has 3 aromatic rings. The number of carbonyl (C=O) groups excluding carboxylic acids is 3. The Morgan fingerprint density at radius 2 is 1.81 bits per heavy atom. The smallest absolute Gasteiger partial charge is 0.266 e. The zero-order valence-electron chi connectivity index (χ0n) is 27.4. The van der Waals surface area contributed by atoms with Crippen molar-refractivity contribution >= 4 is 43.2 Å². The number of anilines is 3. The highest BCUT2D eigenvalue weighted by atomic mass is 28.4. The Labute approximate surface area is 280 Å². The van der Waals surface area contributed by atoms with Gasteiger partial charge in [-0.1, -0.05) is 37.3 Å². The molecule has 7 rings (SSSR count). The SMILES string of the molecule is C=CCN1C(=O)[C@]2(O[C@H](CC(=O)N3CCC[C@H]3CO)[C@@H]([Si](C)(C)F)[C@@H]2C)c2cc(N3C(=O)c4ccccc4Oc4ccccc43)ccc21. The van der Waals surface area contributed by atoms with E-state index in [1.54, 1.807) is 82.4 Å². The predicted molar refractivity (Wildman–Crippen MR) is 183 cm³/mol. The van der Waals surface area contributed by atoms with Crippen LogP contribution in [0.25, 0.3) is 0 Å². The molecule has 0 saturated carbocycles. The lowest BCUT2D eigenvalue weighted by atomic mass is 9.82. The molecule has 3 amide bonds. The Hall–Kier alpha value is -4.32. The second-order valence-electron chi connectivity index (χ2n) is 13.7. The van der Waals surface area contributed by atoms with E-state index in [4.69, 9.17) is 9.47 Å². The van der Waals surface area contributed by atoms with Gasteiger partial charge in [0.1, 0.15) is 5.75 Å². The number of likely N-dealkylation sites (tertiary alicyclic amines) is 1. The molecule has 5 atom stereocenters. The molecule has 1 N–H and O–H groups in total. The van der Waals surface area contributed by atoms with Gasteiger partial charge in [-0.2, -0.15) is 0 Å². The maximum atomic E-state index is 16.4. The van der Waals surface area contributed by atoms with Gasteiger partial charge >= 0.3 is 0 Å². The normalized spacial score (nSPS) is 26.3. The van der Waals surface area contributed by atoms with E-state index in [0.717, 1.165) is 6.42 Å². The van der Waals surface area contributed by atoms with E-state index in [9.17, 15) is 19.5 Å². The fourth-order valence-corrected chi connectivity index (χ4v) is 10.9. The summed E-state index contributed by atoms with van der Waals surface area (Å²) in [4.78, 5) is 47.4. The number of hydrogen-bond donors (Lipinski definition) is 1. The summed E-state index contributed by atoms with van der Waals surface area (Å²) < 4.78 is 29.4. The second-order valence-corrected chi connectivity index (χ2v) is 17.4. The van der Waals surface area contributed by atoms with Crippen LogP contribution in [0.4, 0.5) is 21.2 Å². The molecule has 0 aliphatic carbocycles. The summed E-state index contributed by atoms with van der Waals surface area (Å²) in [5.41, 5.74) is 0.244. The highest BCUT2D eigenvalue weighted by Crippen LogP contribution is 2.61. The van der Waals surface area contributed by atoms with Gasteiger partial charge in [0.05, 0.1) is 42.1 Å². The van der Waals surface area contributed by atoms with Gasteiger partial charge in [0.15, 0.2) is 11.4 Å². The number of nitrogens with zero attached hydrogens (tertiary/aromatic N) is 3. The van der Waals surface area contributed by atoms with Crippen LogP contribution in [0.2, 0.25) is 18.6 Å². The zero-order valence-corrected chi connectivity index (χ0v) is 28.4. The molecule has 0 unspecified atom stereocenters. The fourth-order valence-electron chi connectivity index (χ4n) is 8.39. The fraction of sp³-hybridized carbons (Fsp3) is 0.378. The highest BCUT2D eigenvalue weighted by Gasteiger charge is 2.67. The molecule has 4 aliphatic rings. The molecule has 11 heteroatoms. The average Bonchev–Trinajstić information content (AvgIpc) is 3.70. The van der Waals surface area contributed by atoms with Gasteiger partial charge in [0, 0.05) is 35.8 Å². The molecule has 3 aromatic carbocycles. The van der Waals surface area contributed by atoms with Crippen LogP contribution in [0.3, 0.4) is 0 Å². The molecule has 0 aromatic heterocycles. The van der Waals surface area contributed by atoms with Crippen molar-refractivity contribution in [1.82, 2.24) is 4.90 Å². The molecule has 9 nitrogen and oxygen atoms in total. The number of rotatable bonds is 7. The molecule has 250 valence electrons. The first kappa shape index (κ1) is 32.2. The molecule has 48 heavy (non-hydrogen) atoms. The van der Waals surface area contributed by atoms with Gasteiger partial charge in [0.2, 0.25) is 14.3 Å². The maximum Gasteiger partial charge on any atom is 0.266 e. The van der Waals surface area contributed by atoms with Crippen molar-refractivity contribution in [1.29, 1.82) is 0 Å². The molecular formula is C37H40FN3O6Si. The van der Waals surface area contributed by atoms with Crippen molar-refractivity contribution in [3.63, 3.8) is 0 Å². The molecule has 2 saturated heterocycles. The number of fused-ring (bicyclic) bond motifs is 4. The summed E-state index contributed by atoms with van der Waals surface area (Å²) in [5.74, 6) is -0.556. The first-order valence-electron chi connectivity index (χ1n) is 16.6. The Bertz CT molecular complexity index is 1810. The first-order chi connectivity index (χ1) is 23.0. The highest BCUT2D eigenvalue weighted by molar-refractivity contribution is 6.72. The van der Waals surface area contributed by atoms with Crippen LogP contribution in [-0.2, 0) is 19.9 Å². The van der Waals surface area contributed by atoms with Gasteiger partial charge in [-0.3, -0.25) is 19.3 Å². The van der Waals surface area contributed by atoms with Crippen molar-refractivity contribution in [2.75, 3.05) is 29.5 Å². The zero-order chi connectivity index (χ0) is 34.0. The first-order valence-corrected chi connectivity index (χ1v) is 19.5. The van der Waals surface area contributed by atoms with Crippen LogP contribution in [0.5, 0.6) is 11.5 Å². The molecular weight excluding hydrogens is 630 g/mol. The van der Waals surface area contributed by atoms with E-state index in [0.29, 0.717) is 52.7 Å². The number of carbonyl (C=O) groups is 3. The van der Waals surface area contributed by atoms with Crippen LogP contribution in [0, 0.1) is 5.92 Å². The number of amides is 3. The largest absolute Gasteiger partial charge is 0.454 e. The Balaban J connectivity index is 1.36. The molecule has 0 bridgehead atoms. The van der Waals surface area contributed by atoms with Gasteiger partial charge in [-0.25, -0.2) is 0 Å². The quantitative estimate of drug-likeness (QED) is 0.176. The van der Waals surface area contributed by atoms with Crippen molar-refractivity contribution in [2.24, 2.45) is 5.92 Å². The monoisotopic (exact) mass is 669 g/mol. The number of aliphatic hydroxyl groups is 1. The third kappa shape index (κ3) is 4.90. The van der Waals surface area contributed by atoms with Gasteiger partial charge in [-0.15, -0.1) is 6.58 Å². The Morgan fingerprint density at radius 1 is 1.08 bits per heavy atom. The Morgan fingerprint density at radius 3 is 2.54 bits per heavy atom.